The largest absolute Gasteiger partial charge is 0.393 e. The van der Waals surface area contributed by atoms with Crippen LogP contribution in [0.2, 0.25) is 0 Å². The maximum Gasteiger partial charge on any atom is 0.139 e. The van der Waals surface area contributed by atoms with Crippen molar-refractivity contribution in [1.82, 2.24) is 15.2 Å². The van der Waals surface area contributed by atoms with Gasteiger partial charge in [0.25, 0.3) is 0 Å². The van der Waals surface area contributed by atoms with Crippen molar-refractivity contribution in [1.29, 1.82) is 0 Å². The van der Waals surface area contributed by atoms with E-state index < -0.39 is 5.54 Å². The minimum Gasteiger partial charge on any atom is -0.393 e. The Hall–Kier alpha value is -0.610. The Bertz CT molecular complexity index is 919. The normalized spacial score (nSPS) is 39.7. The first-order chi connectivity index (χ1) is 22.2. The molecule has 4 N–H and O–H groups in total. The van der Waals surface area contributed by atoms with Gasteiger partial charge in [-0.25, -0.2) is 0 Å². The number of ketones is 1. The molecule has 0 spiro atoms. The number of carbonyl (C=O) groups excluding carboxylic acids is 1. The van der Waals surface area contributed by atoms with Crippen molar-refractivity contribution >= 4 is 5.78 Å². The Morgan fingerprint density at radius 3 is 1.27 bits per heavy atom. The summed E-state index contributed by atoms with van der Waals surface area (Å²) >= 11 is 0. The van der Waals surface area contributed by atoms with Crippen molar-refractivity contribution in [2.45, 2.75) is 245 Å². The Kier molecular flexibility index (Phi) is 17.7. The summed E-state index contributed by atoms with van der Waals surface area (Å²) in [7, 11) is 0. The van der Waals surface area contributed by atoms with Gasteiger partial charge in [-0.05, 0) is 112 Å². The number of hydrogen-bond acceptors (Lipinski definition) is 8. The number of Topliss-reactive ketones (excluding diaryl/α,β-unsaturated/α-hetero) is 1. The van der Waals surface area contributed by atoms with Gasteiger partial charge in [0.1, 0.15) is 5.78 Å². The van der Waals surface area contributed by atoms with Crippen LogP contribution >= 0.6 is 0 Å². The van der Waals surface area contributed by atoms with Crippen LogP contribution < -0.4 is 0 Å². The van der Waals surface area contributed by atoms with E-state index in [4.69, 9.17) is 0 Å². The van der Waals surface area contributed by atoms with E-state index in [1.807, 2.05) is 20.8 Å². The van der Waals surface area contributed by atoms with Gasteiger partial charge in [0, 0.05) is 34.5 Å². The van der Waals surface area contributed by atoms with E-state index in [1.165, 1.54) is 11.5 Å². The lowest BCUT2D eigenvalue weighted by molar-refractivity contribution is -0.271. The van der Waals surface area contributed by atoms with Crippen LogP contribution in [0.25, 0.3) is 0 Å². The number of hydrogen-bond donors (Lipinski definition) is 4. The summed E-state index contributed by atoms with van der Waals surface area (Å²) < 4.78 is 0. The molecule has 3 aliphatic rings. The molecule has 0 saturated carbocycles. The molecular weight excluding hydrogens is 602 g/mol. The predicted octanol–water partition coefficient (Wildman–Crippen LogP) is 10.3. The second-order valence-electron chi connectivity index (χ2n) is 17.6. The van der Waals surface area contributed by atoms with Gasteiger partial charge < -0.3 is 20.7 Å². The lowest BCUT2D eigenvalue weighted by Gasteiger charge is -2.54. The summed E-state index contributed by atoms with van der Waals surface area (Å²) in [6.07, 6.45) is 17.2. The molecular formula is C40H81N3O5. The molecule has 7 unspecified atom stereocenters. The third-order valence-corrected chi connectivity index (χ3v) is 12.5. The molecule has 0 aromatic rings. The number of carbonyl (C=O) groups is 1. The summed E-state index contributed by atoms with van der Waals surface area (Å²) in [6, 6.07) is 0. The SMILES string of the molecule is CCCC1(C)CC(=O)C(C)C(C)(CCC)N1O.CCCC1(C)CC(O)CC(C)(CCC)N1O.CCCC1(C)CCCC(C)(CCC)N1O. The van der Waals surface area contributed by atoms with Gasteiger partial charge in [-0.2, -0.15) is 15.2 Å². The Balaban J connectivity index is 0.000000361. The van der Waals surface area contributed by atoms with Crippen molar-refractivity contribution < 1.29 is 25.5 Å². The van der Waals surface area contributed by atoms with E-state index in [2.05, 4.69) is 69.2 Å². The van der Waals surface area contributed by atoms with Gasteiger partial charge in [-0.1, -0.05) is 87.0 Å². The second-order valence-corrected chi connectivity index (χ2v) is 17.6. The maximum absolute atomic E-state index is 12.2. The van der Waals surface area contributed by atoms with Crippen LogP contribution in [0, 0.1) is 5.92 Å². The molecule has 0 aromatic carbocycles. The monoisotopic (exact) mass is 684 g/mol. The highest BCUT2D eigenvalue weighted by Crippen LogP contribution is 2.45. The van der Waals surface area contributed by atoms with Crippen molar-refractivity contribution in [3.8, 4) is 0 Å². The predicted molar refractivity (Wildman–Crippen MR) is 199 cm³/mol. The summed E-state index contributed by atoms with van der Waals surface area (Å²) in [4.78, 5) is 12.2. The molecule has 3 rings (SSSR count). The number of hydroxylamine groups is 6. The molecule has 0 radical (unpaired) electrons. The standard InChI is InChI=1S/C14H27NO2.C13H27NO2.C13H27NO/c1-6-8-13(4)10-12(16)11(3)14(5,9-7-2)15(13)17;1-5-7-12(3)9-11(15)10-13(4,8-6-2)14(12)16;1-5-8-12(3)10-7-11-13(4,9-6-2)14(12)15/h11,17H,6-10H2,1-5H3;11,15-16H,5-10H2,1-4H3;15H,5-11H2,1-4H3. The quantitative estimate of drug-likeness (QED) is 0.161. The fourth-order valence-electron chi connectivity index (χ4n) is 9.97. The third-order valence-electron chi connectivity index (χ3n) is 12.5. The van der Waals surface area contributed by atoms with E-state index in [9.17, 15) is 25.5 Å². The first-order valence-electron chi connectivity index (χ1n) is 19.9. The summed E-state index contributed by atoms with van der Waals surface area (Å²) in [5.74, 6) is 0.208. The summed E-state index contributed by atoms with van der Waals surface area (Å²) in [6.45, 7) is 27.4. The highest BCUT2D eigenvalue weighted by atomic mass is 16.5. The van der Waals surface area contributed by atoms with Crippen molar-refractivity contribution in [3.05, 3.63) is 0 Å². The van der Waals surface area contributed by atoms with Gasteiger partial charge in [-0.15, -0.1) is 0 Å². The highest BCUT2D eigenvalue weighted by molar-refractivity contribution is 5.84. The zero-order valence-corrected chi connectivity index (χ0v) is 33.9. The smallest absolute Gasteiger partial charge is 0.139 e. The van der Waals surface area contributed by atoms with Crippen molar-refractivity contribution in [2.75, 3.05) is 0 Å². The zero-order chi connectivity index (χ0) is 37.2. The fourth-order valence-corrected chi connectivity index (χ4v) is 9.97. The molecule has 0 aliphatic carbocycles. The molecule has 7 atom stereocenters. The van der Waals surface area contributed by atoms with Crippen LogP contribution in [0.3, 0.4) is 0 Å². The Labute approximate surface area is 296 Å². The first kappa shape index (κ1) is 45.4. The van der Waals surface area contributed by atoms with Gasteiger partial charge in [0.15, 0.2) is 0 Å². The van der Waals surface area contributed by atoms with Crippen LogP contribution in [0.1, 0.15) is 206 Å². The van der Waals surface area contributed by atoms with Crippen LogP contribution in [0.5, 0.6) is 0 Å². The molecule has 3 aliphatic heterocycles. The van der Waals surface area contributed by atoms with Gasteiger partial charge in [0.2, 0.25) is 0 Å². The van der Waals surface area contributed by atoms with Crippen LogP contribution in [-0.2, 0) is 4.79 Å². The van der Waals surface area contributed by atoms with Crippen LogP contribution in [0.15, 0.2) is 0 Å². The van der Waals surface area contributed by atoms with E-state index in [0.29, 0.717) is 25.0 Å². The van der Waals surface area contributed by atoms with E-state index in [-0.39, 0.29) is 39.7 Å². The molecule has 286 valence electrons. The Morgan fingerprint density at radius 2 is 0.896 bits per heavy atom. The molecule has 3 saturated heterocycles. The molecule has 0 amide bonds. The number of piperidine rings is 3. The summed E-state index contributed by atoms with van der Waals surface area (Å²) in [5.41, 5.74) is -1.31. The molecule has 3 heterocycles. The van der Waals surface area contributed by atoms with Crippen molar-refractivity contribution in [3.63, 3.8) is 0 Å². The highest BCUT2D eigenvalue weighted by Gasteiger charge is 2.53. The fraction of sp³-hybridized carbons (Fsp3) is 0.975. The maximum atomic E-state index is 12.2. The van der Waals surface area contributed by atoms with E-state index in [1.54, 1.807) is 10.1 Å². The average molecular weight is 684 g/mol. The topological polar surface area (TPSA) is 108 Å². The number of aliphatic hydroxyl groups excluding tert-OH is 1. The van der Waals surface area contributed by atoms with E-state index >= 15 is 0 Å². The summed E-state index contributed by atoms with van der Waals surface area (Å²) in [5, 5.41) is 46.2. The average Bonchev–Trinajstić information content (AvgIpc) is 2.98. The second kappa shape index (κ2) is 18.8. The first-order valence-corrected chi connectivity index (χ1v) is 19.9. The third kappa shape index (κ3) is 10.5. The van der Waals surface area contributed by atoms with Gasteiger partial charge >= 0.3 is 0 Å². The minimum absolute atomic E-state index is 0.0108. The number of aliphatic hydroxyl groups is 1. The number of rotatable bonds is 12. The zero-order valence-electron chi connectivity index (χ0n) is 33.9. The molecule has 0 aromatic heterocycles. The van der Waals surface area contributed by atoms with Crippen LogP contribution in [-0.4, -0.2) is 81.0 Å². The van der Waals surface area contributed by atoms with Gasteiger partial charge in [0.05, 0.1) is 17.2 Å². The molecule has 0 bridgehead atoms. The number of nitrogens with zero attached hydrogens (tertiary/aromatic N) is 3. The molecule has 48 heavy (non-hydrogen) atoms. The van der Waals surface area contributed by atoms with Crippen molar-refractivity contribution in [2.24, 2.45) is 5.92 Å². The molecule has 8 heteroatoms. The van der Waals surface area contributed by atoms with E-state index in [0.717, 1.165) is 89.9 Å². The minimum atomic E-state index is -0.409. The Morgan fingerprint density at radius 1 is 0.562 bits per heavy atom. The lowest BCUT2D eigenvalue weighted by Crippen LogP contribution is -2.65. The van der Waals surface area contributed by atoms with Gasteiger partial charge in [-0.3, -0.25) is 4.79 Å². The molecule has 8 nitrogen and oxygen atoms in total. The van der Waals surface area contributed by atoms with Crippen LogP contribution in [0.4, 0.5) is 0 Å². The lowest BCUT2D eigenvalue weighted by atomic mass is 9.69. The molecule has 3 fully saturated rings.